The summed E-state index contributed by atoms with van der Waals surface area (Å²) in [6.45, 7) is 1.22. The van der Waals surface area contributed by atoms with Gasteiger partial charge in [0.2, 0.25) is 11.9 Å². The van der Waals surface area contributed by atoms with Crippen LogP contribution in [0.3, 0.4) is 0 Å². The van der Waals surface area contributed by atoms with Crippen molar-refractivity contribution in [1.82, 2.24) is 19.9 Å². The number of carbonyl (C=O) groups excluding carboxylic acids is 1. The minimum Gasteiger partial charge on any atom is -0.377 e. The topological polar surface area (TPSA) is 136 Å². The van der Waals surface area contributed by atoms with Crippen molar-refractivity contribution in [3.05, 3.63) is 6.33 Å². The lowest BCUT2D eigenvalue weighted by molar-refractivity contribution is -0.121. The maximum Gasteiger partial charge on any atom is 0.242 e. The van der Waals surface area contributed by atoms with Gasteiger partial charge in [-0.1, -0.05) is 0 Å². The molecule has 3 heterocycles. The molecule has 1 aliphatic rings. The summed E-state index contributed by atoms with van der Waals surface area (Å²) < 4.78 is 5.28. The lowest BCUT2D eigenvalue weighted by Crippen LogP contribution is -2.53. The fourth-order valence-corrected chi connectivity index (χ4v) is 2.14. The van der Waals surface area contributed by atoms with Gasteiger partial charge in [0.15, 0.2) is 11.5 Å². The molecule has 1 amide bonds. The maximum atomic E-state index is 11.5. The highest BCUT2D eigenvalue weighted by Crippen LogP contribution is 2.24. The van der Waals surface area contributed by atoms with Crippen molar-refractivity contribution in [2.75, 3.05) is 30.4 Å². The number of carbonyl (C=O) groups is 1. The molecule has 19 heavy (non-hydrogen) atoms. The first kappa shape index (κ1) is 11.7. The van der Waals surface area contributed by atoms with Crippen LogP contribution in [-0.2, 0) is 9.53 Å². The zero-order chi connectivity index (χ0) is 13.4. The number of nitrogen functional groups attached to an aromatic ring is 1. The second-order valence-electron chi connectivity index (χ2n) is 4.19. The third-order valence-electron chi connectivity index (χ3n) is 3.01. The lowest BCUT2D eigenvalue weighted by atomic mass is 10.2. The molecule has 0 spiro atoms. The molecule has 0 radical (unpaired) electrons. The normalized spacial score (nSPS) is 19.8. The van der Waals surface area contributed by atoms with E-state index in [1.807, 2.05) is 0 Å². The molecule has 9 nitrogen and oxygen atoms in total. The van der Waals surface area contributed by atoms with Crippen LogP contribution in [-0.4, -0.2) is 51.6 Å². The first-order valence-electron chi connectivity index (χ1n) is 5.77. The SMILES string of the molecule is NC(=O)C1COCCN1c1nc(N)nc2nc[nH]c12. The van der Waals surface area contributed by atoms with Crippen molar-refractivity contribution in [1.29, 1.82) is 0 Å². The molecule has 2 aromatic heterocycles. The van der Waals surface area contributed by atoms with E-state index in [-0.39, 0.29) is 12.6 Å². The summed E-state index contributed by atoms with van der Waals surface area (Å²) >= 11 is 0. The Labute approximate surface area is 108 Å². The molecule has 1 saturated heterocycles. The summed E-state index contributed by atoms with van der Waals surface area (Å²) in [6.07, 6.45) is 1.50. The van der Waals surface area contributed by atoms with Crippen LogP contribution < -0.4 is 16.4 Å². The van der Waals surface area contributed by atoms with E-state index in [1.54, 1.807) is 4.90 Å². The van der Waals surface area contributed by atoms with Crippen LogP contribution in [0.15, 0.2) is 6.33 Å². The minimum atomic E-state index is -0.574. The standard InChI is InChI=1S/C10H13N7O2/c11-7(18)5-3-19-2-1-17(5)9-6-8(14-4-13-6)15-10(12)16-9/h4-5H,1-3H2,(H2,11,18)(H3,12,13,14,15,16). The van der Waals surface area contributed by atoms with Crippen LogP contribution in [0.1, 0.15) is 0 Å². The zero-order valence-corrected chi connectivity index (χ0v) is 10.0. The summed E-state index contributed by atoms with van der Waals surface area (Å²) in [7, 11) is 0. The van der Waals surface area contributed by atoms with Crippen molar-refractivity contribution in [2.24, 2.45) is 5.73 Å². The van der Waals surface area contributed by atoms with Crippen molar-refractivity contribution >= 4 is 28.8 Å². The number of H-pyrrole nitrogens is 1. The molecule has 0 saturated carbocycles. The van der Waals surface area contributed by atoms with E-state index in [2.05, 4.69) is 19.9 Å². The number of imidazole rings is 1. The van der Waals surface area contributed by atoms with Crippen LogP contribution in [0.4, 0.5) is 11.8 Å². The summed E-state index contributed by atoms with van der Waals surface area (Å²) in [4.78, 5) is 28.5. The molecule has 100 valence electrons. The molecule has 1 atom stereocenters. The summed E-state index contributed by atoms with van der Waals surface area (Å²) in [5.41, 5.74) is 12.1. The molecule has 2 aromatic rings. The average Bonchev–Trinajstić information content (AvgIpc) is 2.85. The quantitative estimate of drug-likeness (QED) is 0.607. The van der Waals surface area contributed by atoms with Gasteiger partial charge in [0, 0.05) is 6.54 Å². The number of fused-ring (bicyclic) bond motifs is 1. The monoisotopic (exact) mass is 263 g/mol. The first-order chi connectivity index (χ1) is 9.16. The Morgan fingerprint density at radius 1 is 1.53 bits per heavy atom. The fraction of sp³-hybridized carbons (Fsp3) is 0.400. The predicted octanol–water partition coefficient (Wildman–Crippen LogP) is -1.37. The Balaban J connectivity index is 2.11. The molecule has 9 heteroatoms. The van der Waals surface area contributed by atoms with Gasteiger partial charge in [0.1, 0.15) is 11.6 Å². The average molecular weight is 263 g/mol. The number of aromatic amines is 1. The van der Waals surface area contributed by atoms with Gasteiger partial charge in [0.25, 0.3) is 0 Å². The smallest absolute Gasteiger partial charge is 0.242 e. The van der Waals surface area contributed by atoms with Crippen molar-refractivity contribution in [3.8, 4) is 0 Å². The van der Waals surface area contributed by atoms with E-state index in [1.165, 1.54) is 6.33 Å². The number of ether oxygens (including phenoxy) is 1. The van der Waals surface area contributed by atoms with E-state index in [9.17, 15) is 4.79 Å². The van der Waals surface area contributed by atoms with Crippen LogP contribution in [0.5, 0.6) is 0 Å². The third kappa shape index (κ3) is 1.93. The van der Waals surface area contributed by atoms with Gasteiger partial charge in [-0.15, -0.1) is 0 Å². The summed E-state index contributed by atoms with van der Waals surface area (Å²) in [6, 6.07) is -0.574. The number of amides is 1. The Morgan fingerprint density at radius 2 is 2.37 bits per heavy atom. The van der Waals surface area contributed by atoms with Crippen molar-refractivity contribution in [3.63, 3.8) is 0 Å². The van der Waals surface area contributed by atoms with Gasteiger partial charge in [-0.05, 0) is 0 Å². The minimum absolute atomic E-state index is 0.101. The summed E-state index contributed by atoms with van der Waals surface area (Å²) in [5.74, 6) is 0.154. The van der Waals surface area contributed by atoms with E-state index in [0.717, 1.165) is 0 Å². The Kier molecular flexibility index (Phi) is 2.67. The molecule has 3 rings (SSSR count). The number of primary amides is 1. The zero-order valence-electron chi connectivity index (χ0n) is 10.0. The maximum absolute atomic E-state index is 11.5. The predicted molar refractivity (Wildman–Crippen MR) is 67.2 cm³/mol. The second-order valence-corrected chi connectivity index (χ2v) is 4.19. The number of anilines is 2. The number of hydrogen-bond acceptors (Lipinski definition) is 7. The van der Waals surface area contributed by atoms with Crippen molar-refractivity contribution in [2.45, 2.75) is 6.04 Å². The molecular formula is C10H13N7O2. The summed E-state index contributed by atoms with van der Waals surface area (Å²) in [5, 5.41) is 0. The van der Waals surface area contributed by atoms with Gasteiger partial charge in [-0.2, -0.15) is 9.97 Å². The molecule has 0 aliphatic carbocycles. The van der Waals surface area contributed by atoms with Gasteiger partial charge in [-0.25, -0.2) is 4.98 Å². The van der Waals surface area contributed by atoms with E-state index in [4.69, 9.17) is 16.2 Å². The van der Waals surface area contributed by atoms with Gasteiger partial charge in [-0.3, -0.25) is 4.79 Å². The van der Waals surface area contributed by atoms with Crippen LogP contribution in [0, 0.1) is 0 Å². The molecule has 5 N–H and O–H groups in total. The highest BCUT2D eigenvalue weighted by molar-refractivity contribution is 5.89. The van der Waals surface area contributed by atoms with Crippen LogP contribution in [0.2, 0.25) is 0 Å². The van der Waals surface area contributed by atoms with E-state index >= 15 is 0 Å². The Bertz CT molecular complexity index is 625. The Hall–Kier alpha value is -2.42. The van der Waals surface area contributed by atoms with Gasteiger partial charge < -0.3 is 26.1 Å². The first-order valence-corrected chi connectivity index (χ1v) is 5.77. The Morgan fingerprint density at radius 3 is 3.16 bits per heavy atom. The number of rotatable bonds is 2. The second kappa shape index (κ2) is 4.35. The van der Waals surface area contributed by atoms with Gasteiger partial charge in [0.05, 0.1) is 19.5 Å². The molecule has 0 bridgehead atoms. The van der Waals surface area contributed by atoms with Crippen LogP contribution >= 0.6 is 0 Å². The van der Waals surface area contributed by atoms with Crippen LogP contribution in [0.25, 0.3) is 11.2 Å². The number of nitrogens with zero attached hydrogens (tertiary/aromatic N) is 4. The fourth-order valence-electron chi connectivity index (χ4n) is 2.14. The highest BCUT2D eigenvalue weighted by atomic mass is 16.5. The van der Waals surface area contributed by atoms with E-state index < -0.39 is 11.9 Å². The van der Waals surface area contributed by atoms with E-state index in [0.29, 0.717) is 30.1 Å². The molecule has 1 unspecified atom stereocenters. The van der Waals surface area contributed by atoms with Crippen molar-refractivity contribution < 1.29 is 9.53 Å². The number of morpholine rings is 1. The number of nitrogens with two attached hydrogens (primary N) is 2. The number of aromatic nitrogens is 4. The largest absolute Gasteiger partial charge is 0.377 e. The number of hydrogen-bond donors (Lipinski definition) is 3. The molecule has 1 aliphatic heterocycles. The third-order valence-corrected chi connectivity index (χ3v) is 3.01. The molecule has 1 fully saturated rings. The number of nitrogens with one attached hydrogen (secondary N) is 1. The molecule has 0 aromatic carbocycles. The lowest BCUT2D eigenvalue weighted by Gasteiger charge is -2.34. The molecular weight excluding hydrogens is 250 g/mol. The van der Waals surface area contributed by atoms with Gasteiger partial charge >= 0.3 is 0 Å². The highest BCUT2D eigenvalue weighted by Gasteiger charge is 2.30.